The maximum atomic E-state index is 6.08. The van der Waals surface area contributed by atoms with Gasteiger partial charge in [-0.25, -0.2) is 0 Å². The minimum absolute atomic E-state index is 0.364. The topological polar surface area (TPSA) is 96.3 Å². The molecule has 188 valence electrons. The zero-order valence-corrected chi connectivity index (χ0v) is 23.4. The quantitative estimate of drug-likeness (QED) is 0.295. The van der Waals surface area contributed by atoms with Gasteiger partial charge in [-0.3, -0.25) is 9.97 Å². The second-order valence-corrected chi connectivity index (χ2v) is 10.8. The number of nitrogens with zero attached hydrogens (tertiary/aromatic N) is 4. The lowest BCUT2D eigenvalue weighted by atomic mass is 9.79. The van der Waals surface area contributed by atoms with Crippen LogP contribution in [0.3, 0.4) is 0 Å². The van der Waals surface area contributed by atoms with E-state index in [0.717, 1.165) is 55.1 Å². The van der Waals surface area contributed by atoms with Crippen molar-refractivity contribution in [3.63, 3.8) is 0 Å². The molecule has 36 heavy (non-hydrogen) atoms. The van der Waals surface area contributed by atoms with Crippen molar-refractivity contribution in [2.24, 2.45) is 0 Å². The van der Waals surface area contributed by atoms with Crippen molar-refractivity contribution in [1.82, 2.24) is 20.3 Å². The molecule has 0 spiro atoms. The van der Waals surface area contributed by atoms with Crippen LogP contribution < -0.4 is 5.46 Å². The minimum Gasteiger partial charge on any atom is -0.399 e. The molecule has 0 atom stereocenters. The highest BCUT2D eigenvalue weighted by atomic mass is 79.9. The molecule has 1 aliphatic rings. The predicted octanol–water partition coefficient (Wildman–Crippen LogP) is 5.77. The normalized spacial score (nSPS) is 16.1. The summed E-state index contributed by atoms with van der Waals surface area (Å²) in [5, 5.41) is 7.90. The molecular formula is C26H30BBrN4O4. The lowest BCUT2D eigenvalue weighted by molar-refractivity contribution is 0.00578. The molecule has 0 N–H and O–H groups in total. The van der Waals surface area contributed by atoms with E-state index in [-0.39, 0.29) is 11.2 Å². The fraction of sp³-hybridized carbons (Fsp3) is 0.385. The fourth-order valence-electron chi connectivity index (χ4n) is 4.04. The standard InChI is InChI=1S/C16H21BN2O3.C10H9BrN2O/c1-10-14(11(2)20-19-10)12-7-13(9-18-8-12)17-21-15(3,4)16(5,6)22-17;1-6-10(7(2)14-13-6)8-3-9(11)5-12-4-8/h7-9H,1-6H3;3-5H,1-2H3. The number of rotatable bonds is 3. The van der Waals surface area contributed by atoms with Crippen LogP contribution >= 0.6 is 15.9 Å². The number of halogens is 1. The Bertz CT molecular complexity index is 1330. The zero-order chi connectivity index (χ0) is 26.3. The van der Waals surface area contributed by atoms with Crippen molar-refractivity contribution >= 4 is 28.5 Å². The van der Waals surface area contributed by atoms with E-state index in [1.807, 2.05) is 67.5 Å². The van der Waals surface area contributed by atoms with Crippen molar-refractivity contribution in [1.29, 1.82) is 0 Å². The molecule has 5 heterocycles. The van der Waals surface area contributed by atoms with E-state index in [9.17, 15) is 0 Å². The number of aryl methyl sites for hydroxylation is 4. The molecule has 0 bridgehead atoms. The Labute approximate surface area is 220 Å². The van der Waals surface area contributed by atoms with Gasteiger partial charge in [0.25, 0.3) is 0 Å². The van der Waals surface area contributed by atoms with E-state index in [1.54, 1.807) is 24.8 Å². The predicted molar refractivity (Wildman–Crippen MR) is 142 cm³/mol. The van der Waals surface area contributed by atoms with Gasteiger partial charge in [-0.15, -0.1) is 0 Å². The van der Waals surface area contributed by atoms with Crippen LogP contribution in [0.2, 0.25) is 0 Å². The lowest BCUT2D eigenvalue weighted by Crippen LogP contribution is -2.41. The van der Waals surface area contributed by atoms with Gasteiger partial charge in [0.2, 0.25) is 0 Å². The SMILES string of the molecule is Cc1noc(C)c1-c1cncc(B2OC(C)(C)C(C)(C)O2)c1.Cc1noc(C)c1-c1cncc(Br)c1. The molecule has 1 saturated heterocycles. The van der Waals surface area contributed by atoms with E-state index < -0.39 is 7.12 Å². The maximum absolute atomic E-state index is 6.08. The number of hydrogen-bond acceptors (Lipinski definition) is 8. The summed E-state index contributed by atoms with van der Waals surface area (Å²) in [4.78, 5) is 8.44. The summed E-state index contributed by atoms with van der Waals surface area (Å²) in [7, 11) is -0.419. The van der Waals surface area contributed by atoms with E-state index >= 15 is 0 Å². The van der Waals surface area contributed by atoms with E-state index in [4.69, 9.17) is 18.4 Å². The highest BCUT2D eigenvalue weighted by molar-refractivity contribution is 9.10. The first-order valence-electron chi connectivity index (χ1n) is 11.7. The second kappa shape index (κ2) is 9.92. The molecule has 0 aromatic carbocycles. The fourth-order valence-corrected chi connectivity index (χ4v) is 4.41. The van der Waals surface area contributed by atoms with Crippen molar-refractivity contribution in [3.05, 3.63) is 64.3 Å². The Morgan fingerprint density at radius 2 is 1.17 bits per heavy atom. The summed E-state index contributed by atoms with van der Waals surface area (Å²) in [5.41, 5.74) is 5.90. The number of pyridine rings is 2. The third-order valence-corrected chi connectivity index (χ3v) is 7.07. The Balaban J connectivity index is 0.000000187. The van der Waals surface area contributed by atoms with Crippen LogP contribution in [-0.2, 0) is 9.31 Å². The van der Waals surface area contributed by atoms with Crippen molar-refractivity contribution in [2.45, 2.75) is 66.6 Å². The molecule has 0 unspecified atom stereocenters. The average Bonchev–Trinajstić information content (AvgIpc) is 3.40. The van der Waals surface area contributed by atoms with Gasteiger partial charge in [-0.2, -0.15) is 0 Å². The van der Waals surface area contributed by atoms with Crippen LogP contribution in [-0.4, -0.2) is 38.6 Å². The molecule has 5 rings (SSSR count). The Kier molecular flexibility index (Phi) is 7.23. The van der Waals surface area contributed by atoms with Crippen LogP contribution in [0.4, 0.5) is 0 Å². The molecule has 0 aliphatic carbocycles. The molecule has 4 aromatic rings. The highest BCUT2D eigenvalue weighted by Crippen LogP contribution is 2.37. The van der Waals surface area contributed by atoms with Gasteiger partial charge < -0.3 is 18.4 Å². The summed E-state index contributed by atoms with van der Waals surface area (Å²) >= 11 is 3.38. The van der Waals surface area contributed by atoms with E-state index in [1.165, 1.54) is 0 Å². The zero-order valence-electron chi connectivity index (χ0n) is 21.8. The van der Waals surface area contributed by atoms with Gasteiger partial charge in [-0.05, 0) is 77.4 Å². The molecule has 0 amide bonds. The van der Waals surface area contributed by atoms with Crippen molar-refractivity contribution < 1.29 is 18.4 Å². The number of aromatic nitrogens is 4. The van der Waals surface area contributed by atoms with Gasteiger partial charge in [0, 0.05) is 57.0 Å². The lowest BCUT2D eigenvalue weighted by Gasteiger charge is -2.32. The van der Waals surface area contributed by atoms with Crippen molar-refractivity contribution in [2.75, 3.05) is 0 Å². The summed E-state index contributed by atoms with van der Waals surface area (Å²) in [6.07, 6.45) is 7.14. The Hall–Kier alpha value is -2.82. The molecule has 0 saturated carbocycles. The van der Waals surface area contributed by atoms with Crippen LogP contribution in [0.15, 0.2) is 50.4 Å². The molecule has 10 heteroatoms. The first-order valence-corrected chi connectivity index (χ1v) is 12.5. The van der Waals surface area contributed by atoms with E-state index in [0.29, 0.717) is 0 Å². The molecule has 1 fully saturated rings. The molecular weight excluding hydrogens is 523 g/mol. The van der Waals surface area contributed by atoms with Crippen LogP contribution in [0.1, 0.15) is 50.6 Å². The van der Waals surface area contributed by atoms with Crippen LogP contribution in [0, 0.1) is 27.7 Å². The smallest absolute Gasteiger partial charge is 0.399 e. The molecule has 1 aliphatic heterocycles. The largest absolute Gasteiger partial charge is 0.496 e. The first-order chi connectivity index (χ1) is 16.9. The average molecular weight is 553 g/mol. The van der Waals surface area contributed by atoms with Gasteiger partial charge >= 0.3 is 7.12 Å². The van der Waals surface area contributed by atoms with Gasteiger partial charge in [0.15, 0.2) is 0 Å². The van der Waals surface area contributed by atoms with Crippen LogP contribution in [0.25, 0.3) is 22.3 Å². The highest BCUT2D eigenvalue weighted by Gasteiger charge is 2.51. The third-order valence-electron chi connectivity index (χ3n) is 6.63. The Morgan fingerprint density at radius 1 is 0.694 bits per heavy atom. The van der Waals surface area contributed by atoms with Crippen LogP contribution in [0.5, 0.6) is 0 Å². The number of hydrogen-bond donors (Lipinski definition) is 0. The van der Waals surface area contributed by atoms with Gasteiger partial charge in [-0.1, -0.05) is 16.4 Å². The first kappa shape index (κ1) is 26.3. The second-order valence-electron chi connectivity index (χ2n) is 9.89. The van der Waals surface area contributed by atoms with Crippen molar-refractivity contribution in [3.8, 4) is 22.3 Å². The Morgan fingerprint density at radius 3 is 1.61 bits per heavy atom. The van der Waals surface area contributed by atoms with Gasteiger partial charge in [0.1, 0.15) is 11.5 Å². The summed E-state index contributed by atoms with van der Waals surface area (Å²) < 4.78 is 23.5. The summed E-state index contributed by atoms with van der Waals surface area (Å²) in [6, 6.07) is 4.03. The monoisotopic (exact) mass is 552 g/mol. The minimum atomic E-state index is -0.419. The molecule has 0 radical (unpaired) electrons. The molecule has 4 aromatic heterocycles. The van der Waals surface area contributed by atoms with Gasteiger partial charge in [0.05, 0.1) is 22.6 Å². The maximum Gasteiger partial charge on any atom is 0.496 e. The van der Waals surface area contributed by atoms with E-state index in [2.05, 4.69) is 36.2 Å². The summed E-state index contributed by atoms with van der Waals surface area (Å²) in [5.74, 6) is 1.60. The summed E-state index contributed by atoms with van der Waals surface area (Å²) in [6.45, 7) is 15.8. The third kappa shape index (κ3) is 5.16. The molecule has 8 nitrogen and oxygen atoms in total.